The number of para-hydroxylation sites is 1. The van der Waals surface area contributed by atoms with Crippen LogP contribution in [0.5, 0.6) is 0 Å². The van der Waals surface area contributed by atoms with Gasteiger partial charge in [0.1, 0.15) is 5.03 Å². The van der Waals surface area contributed by atoms with Crippen molar-refractivity contribution in [2.24, 2.45) is 0 Å². The number of pyridine rings is 1. The molecular formula is C20H20N2O2S. The Bertz CT molecular complexity index is 879. The number of hydrogen-bond acceptors (Lipinski definition) is 4. The number of aryl methyl sites for hydroxylation is 1. The fraction of sp³-hybridized carbons (Fsp3) is 0.200. The minimum Gasteiger partial charge on any atom is -0.383 e. The molecule has 1 amide bonds. The highest BCUT2D eigenvalue weighted by molar-refractivity contribution is 7.99. The monoisotopic (exact) mass is 352 g/mol. The molecule has 0 aliphatic heterocycles. The number of benzene rings is 2. The van der Waals surface area contributed by atoms with Crippen molar-refractivity contribution in [3.05, 3.63) is 65.7 Å². The summed E-state index contributed by atoms with van der Waals surface area (Å²) < 4.78 is 5.00. The van der Waals surface area contributed by atoms with Gasteiger partial charge in [0.25, 0.3) is 5.91 Å². The van der Waals surface area contributed by atoms with E-state index >= 15 is 0 Å². The average Bonchev–Trinajstić information content (AvgIpc) is 2.63. The van der Waals surface area contributed by atoms with Crippen molar-refractivity contribution < 1.29 is 9.53 Å². The fourth-order valence-corrected chi connectivity index (χ4v) is 3.31. The summed E-state index contributed by atoms with van der Waals surface area (Å²) in [5.74, 6) is -0.110. The summed E-state index contributed by atoms with van der Waals surface area (Å²) in [5, 5.41) is 4.55. The molecule has 0 saturated heterocycles. The number of hydrogen-bond donors (Lipinski definition) is 1. The summed E-state index contributed by atoms with van der Waals surface area (Å²) in [6.07, 6.45) is 0. The van der Waals surface area contributed by atoms with Crippen LogP contribution in [0.25, 0.3) is 10.9 Å². The topological polar surface area (TPSA) is 51.2 Å². The molecule has 3 aromatic rings. The van der Waals surface area contributed by atoms with Crippen LogP contribution in [0.2, 0.25) is 0 Å². The van der Waals surface area contributed by atoms with E-state index in [2.05, 4.69) is 36.5 Å². The van der Waals surface area contributed by atoms with Gasteiger partial charge >= 0.3 is 0 Å². The lowest BCUT2D eigenvalue weighted by Gasteiger charge is -2.10. The third-order valence-electron chi connectivity index (χ3n) is 3.77. The van der Waals surface area contributed by atoms with Gasteiger partial charge in [-0.05, 0) is 31.2 Å². The zero-order valence-electron chi connectivity index (χ0n) is 14.3. The zero-order chi connectivity index (χ0) is 17.6. The smallest absolute Gasteiger partial charge is 0.252 e. The lowest BCUT2D eigenvalue weighted by atomic mass is 10.1. The summed E-state index contributed by atoms with van der Waals surface area (Å²) in [5.41, 5.74) is 2.67. The Kier molecular flexibility index (Phi) is 5.68. The molecule has 1 aromatic heterocycles. The Balaban J connectivity index is 1.94. The number of nitrogens with zero attached hydrogens (tertiary/aromatic N) is 1. The lowest BCUT2D eigenvalue weighted by Crippen LogP contribution is -2.27. The second kappa shape index (κ2) is 8.14. The van der Waals surface area contributed by atoms with Crippen molar-refractivity contribution in [1.29, 1.82) is 0 Å². The number of carbonyl (C=O) groups is 1. The molecule has 0 unspecified atom stereocenters. The Labute approximate surface area is 151 Å². The summed E-state index contributed by atoms with van der Waals surface area (Å²) in [4.78, 5) is 18.4. The maximum Gasteiger partial charge on any atom is 0.252 e. The maximum atomic E-state index is 12.6. The summed E-state index contributed by atoms with van der Waals surface area (Å²) in [6.45, 7) is 3.03. The van der Waals surface area contributed by atoms with E-state index in [9.17, 15) is 4.79 Å². The van der Waals surface area contributed by atoms with Gasteiger partial charge in [0, 0.05) is 23.9 Å². The van der Waals surface area contributed by atoms with Crippen LogP contribution in [0.3, 0.4) is 0 Å². The normalized spacial score (nSPS) is 10.8. The lowest BCUT2D eigenvalue weighted by molar-refractivity contribution is 0.0938. The van der Waals surface area contributed by atoms with Crippen LogP contribution < -0.4 is 5.32 Å². The van der Waals surface area contributed by atoms with Crippen LogP contribution >= 0.6 is 11.8 Å². The first kappa shape index (κ1) is 17.5. The molecule has 0 aliphatic rings. The van der Waals surface area contributed by atoms with Crippen molar-refractivity contribution >= 4 is 28.6 Å². The molecule has 0 bridgehead atoms. The second-order valence-electron chi connectivity index (χ2n) is 5.69. The molecule has 1 N–H and O–H groups in total. The third kappa shape index (κ3) is 4.38. The number of aromatic nitrogens is 1. The van der Waals surface area contributed by atoms with E-state index in [1.165, 1.54) is 5.56 Å². The molecule has 3 rings (SSSR count). The molecule has 0 saturated carbocycles. The number of nitrogens with one attached hydrogen (secondary N) is 1. The van der Waals surface area contributed by atoms with E-state index in [0.717, 1.165) is 20.8 Å². The van der Waals surface area contributed by atoms with Gasteiger partial charge < -0.3 is 10.1 Å². The number of fused-ring (bicyclic) bond motifs is 1. The number of methoxy groups -OCH3 is 1. The highest BCUT2D eigenvalue weighted by Gasteiger charge is 2.13. The molecule has 0 radical (unpaired) electrons. The first-order valence-electron chi connectivity index (χ1n) is 8.09. The molecule has 0 fully saturated rings. The van der Waals surface area contributed by atoms with Gasteiger partial charge in [-0.15, -0.1) is 0 Å². The van der Waals surface area contributed by atoms with E-state index in [1.54, 1.807) is 18.9 Å². The molecule has 0 spiro atoms. The van der Waals surface area contributed by atoms with Gasteiger partial charge in [0.15, 0.2) is 0 Å². The van der Waals surface area contributed by atoms with Crippen LogP contribution in [0, 0.1) is 6.92 Å². The van der Waals surface area contributed by atoms with Crippen molar-refractivity contribution in [2.45, 2.75) is 16.8 Å². The highest BCUT2D eigenvalue weighted by atomic mass is 32.2. The zero-order valence-corrected chi connectivity index (χ0v) is 15.1. The van der Waals surface area contributed by atoms with Crippen LogP contribution in [0.4, 0.5) is 0 Å². The largest absolute Gasteiger partial charge is 0.383 e. The van der Waals surface area contributed by atoms with E-state index < -0.39 is 0 Å². The SMILES string of the molecule is COCCNC(=O)c1cc(Sc2ccc(C)cc2)nc2ccccc12. The molecule has 25 heavy (non-hydrogen) atoms. The Morgan fingerprint density at radius 1 is 1.16 bits per heavy atom. The molecule has 0 aliphatic carbocycles. The number of ether oxygens (including phenoxy) is 1. The summed E-state index contributed by atoms with van der Waals surface area (Å²) in [6, 6.07) is 17.8. The van der Waals surface area contributed by atoms with Crippen molar-refractivity contribution in [1.82, 2.24) is 10.3 Å². The molecule has 0 atom stereocenters. The molecular weight excluding hydrogens is 332 g/mol. The predicted molar refractivity (Wildman–Crippen MR) is 101 cm³/mol. The van der Waals surface area contributed by atoms with Crippen LogP contribution in [0.15, 0.2) is 64.5 Å². The Morgan fingerprint density at radius 2 is 1.92 bits per heavy atom. The number of rotatable bonds is 6. The van der Waals surface area contributed by atoms with Crippen LogP contribution in [-0.4, -0.2) is 31.2 Å². The average molecular weight is 352 g/mol. The van der Waals surface area contributed by atoms with Gasteiger partial charge in [-0.25, -0.2) is 4.98 Å². The van der Waals surface area contributed by atoms with E-state index in [0.29, 0.717) is 18.7 Å². The Hall–Kier alpha value is -2.37. The van der Waals surface area contributed by atoms with E-state index in [1.807, 2.05) is 30.3 Å². The van der Waals surface area contributed by atoms with Crippen LogP contribution in [-0.2, 0) is 4.74 Å². The van der Waals surface area contributed by atoms with Gasteiger partial charge in [0.05, 0.1) is 17.7 Å². The second-order valence-corrected chi connectivity index (χ2v) is 6.78. The van der Waals surface area contributed by atoms with Crippen molar-refractivity contribution in [2.75, 3.05) is 20.3 Å². The number of carbonyl (C=O) groups excluding carboxylic acids is 1. The first-order valence-corrected chi connectivity index (χ1v) is 8.90. The minimum atomic E-state index is -0.110. The fourth-order valence-electron chi connectivity index (χ4n) is 2.48. The van der Waals surface area contributed by atoms with Gasteiger partial charge in [0.2, 0.25) is 0 Å². The summed E-state index contributed by atoms with van der Waals surface area (Å²) >= 11 is 1.56. The van der Waals surface area contributed by atoms with Crippen LogP contribution in [0.1, 0.15) is 15.9 Å². The molecule has 1 heterocycles. The minimum absolute atomic E-state index is 0.110. The van der Waals surface area contributed by atoms with Crippen molar-refractivity contribution in [3.8, 4) is 0 Å². The summed E-state index contributed by atoms with van der Waals surface area (Å²) in [7, 11) is 1.62. The van der Waals surface area contributed by atoms with Crippen molar-refractivity contribution in [3.63, 3.8) is 0 Å². The van der Waals surface area contributed by atoms with E-state index in [4.69, 9.17) is 9.72 Å². The standard InChI is InChI=1S/C20H20N2O2S/c1-14-7-9-15(10-8-14)25-19-13-17(20(23)21-11-12-24-2)16-5-3-4-6-18(16)22-19/h3-10,13H,11-12H2,1-2H3,(H,21,23). The van der Waals surface area contributed by atoms with Gasteiger partial charge in [-0.2, -0.15) is 0 Å². The van der Waals surface area contributed by atoms with Gasteiger partial charge in [-0.1, -0.05) is 47.7 Å². The van der Waals surface area contributed by atoms with E-state index in [-0.39, 0.29) is 5.91 Å². The highest BCUT2D eigenvalue weighted by Crippen LogP contribution is 2.29. The predicted octanol–water partition coefficient (Wildman–Crippen LogP) is 4.07. The number of amides is 1. The molecule has 128 valence electrons. The quantitative estimate of drug-likeness (QED) is 0.680. The molecule has 5 heteroatoms. The Morgan fingerprint density at radius 3 is 2.68 bits per heavy atom. The maximum absolute atomic E-state index is 12.6. The molecule has 2 aromatic carbocycles. The third-order valence-corrected chi connectivity index (χ3v) is 4.70. The molecule has 4 nitrogen and oxygen atoms in total. The first-order chi connectivity index (χ1) is 12.2. The van der Waals surface area contributed by atoms with Gasteiger partial charge in [-0.3, -0.25) is 4.79 Å².